The van der Waals surface area contributed by atoms with E-state index in [0.29, 0.717) is 11.4 Å². The quantitative estimate of drug-likeness (QED) is 0.375. The zero-order valence-electron chi connectivity index (χ0n) is 11.1. The van der Waals surface area contributed by atoms with Crippen molar-refractivity contribution in [3.63, 3.8) is 0 Å². The van der Waals surface area contributed by atoms with Gasteiger partial charge in [0.05, 0.1) is 16.9 Å². The van der Waals surface area contributed by atoms with Crippen LogP contribution in [0.5, 0.6) is 0 Å². The molecule has 2 aromatic carbocycles. The Morgan fingerprint density at radius 2 is 1.33 bits per heavy atom. The molecule has 0 radical (unpaired) electrons. The Kier molecular flexibility index (Phi) is 2.64. The number of benzene rings is 2. The third-order valence-electron chi connectivity index (χ3n) is 3.57. The summed E-state index contributed by atoms with van der Waals surface area (Å²) in [6, 6.07) is 20.8. The van der Waals surface area contributed by atoms with Crippen LogP contribution in [0, 0.1) is 5.95 Å². The summed E-state index contributed by atoms with van der Waals surface area (Å²) in [6.07, 6.45) is 0. The Morgan fingerprint density at radius 1 is 0.619 bits per heavy atom. The molecule has 2 heterocycles. The molecule has 0 N–H and O–H groups in total. The third kappa shape index (κ3) is 1.94. The van der Waals surface area contributed by atoms with Gasteiger partial charge in [0.1, 0.15) is 0 Å². The van der Waals surface area contributed by atoms with Gasteiger partial charge in [0.2, 0.25) is 5.95 Å². The van der Waals surface area contributed by atoms with Gasteiger partial charge in [-0.3, -0.25) is 0 Å². The molecule has 0 amide bonds. The minimum atomic E-state index is -0.494. The van der Waals surface area contributed by atoms with Crippen LogP contribution < -0.4 is 0 Å². The van der Waals surface area contributed by atoms with Crippen LogP contribution >= 0.6 is 0 Å². The first-order valence-electron chi connectivity index (χ1n) is 6.73. The summed E-state index contributed by atoms with van der Waals surface area (Å²) in [4.78, 5) is 8.66. The number of hydrogen-bond acceptors (Lipinski definition) is 2. The van der Waals surface area contributed by atoms with Crippen LogP contribution in [0.4, 0.5) is 4.39 Å². The minimum Gasteiger partial charge on any atom is -0.245 e. The van der Waals surface area contributed by atoms with Crippen LogP contribution in [0.2, 0.25) is 0 Å². The first kappa shape index (κ1) is 12.0. The van der Waals surface area contributed by atoms with E-state index in [2.05, 4.69) is 16.0 Å². The topological polar surface area (TPSA) is 25.8 Å². The lowest BCUT2D eigenvalue weighted by Crippen LogP contribution is -1.93. The summed E-state index contributed by atoms with van der Waals surface area (Å²) in [6.45, 7) is 0. The van der Waals surface area contributed by atoms with Gasteiger partial charge in [-0.15, -0.1) is 0 Å². The molecule has 0 spiro atoms. The van der Waals surface area contributed by atoms with Crippen molar-refractivity contribution in [2.45, 2.75) is 0 Å². The Morgan fingerprint density at radius 3 is 2.14 bits per heavy atom. The van der Waals surface area contributed by atoms with Gasteiger partial charge in [0.25, 0.3) is 0 Å². The number of pyridine rings is 2. The summed E-state index contributed by atoms with van der Waals surface area (Å²) in [5, 5.41) is 3.17. The maximum Gasteiger partial charge on any atom is 0.213 e. The van der Waals surface area contributed by atoms with E-state index >= 15 is 0 Å². The lowest BCUT2D eigenvalue weighted by molar-refractivity contribution is 0.585. The molecule has 4 aromatic rings. The molecule has 0 unspecified atom stereocenters. The highest BCUT2D eigenvalue weighted by atomic mass is 19.1. The number of nitrogens with zero attached hydrogens (tertiary/aromatic N) is 2. The Hall–Kier alpha value is -2.81. The zero-order chi connectivity index (χ0) is 14.2. The summed E-state index contributed by atoms with van der Waals surface area (Å²) in [7, 11) is 0. The van der Waals surface area contributed by atoms with Crippen molar-refractivity contribution in [2.24, 2.45) is 0 Å². The van der Waals surface area contributed by atoms with Gasteiger partial charge in [0, 0.05) is 10.8 Å². The summed E-state index contributed by atoms with van der Waals surface area (Å²) in [5.74, 6) is -0.494. The molecule has 2 aromatic heterocycles. The highest BCUT2D eigenvalue weighted by molar-refractivity contribution is 6.10. The van der Waals surface area contributed by atoms with Crippen molar-refractivity contribution in [1.82, 2.24) is 9.97 Å². The first-order valence-corrected chi connectivity index (χ1v) is 6.73. The number of para-hydroxylation sites is 1. The standard InChI is InChI=1S/C18H11FN2/c19-17-11-5-10-16(20-17)18-14-8-2-1-6-12(14)13-7-3-4-9-15(13)21-18/h1-11H. The van der Waals surface area contributed by atoms with Crippen LogP contribution in [-0.2, 0) is 0 Å². The van der Waals surface area contributed by atoms with Gasteiger partial charge in [-0.1, -0.05) is 48.5 Å². The Bertz CT molecular complexity index is 963. The lowest BCUT2D eigenvalue weighted by Gasteiger charge is -2.09. The maximum atomic E-state index is 13.4. The molecule has 4 rings (SSSR count). The molecule has 2 nitrogen and oxygen atoms in total. The van der Waals surface area contributed by atoms with E-state index in [1.807, 2.05) is 42.5 Å². The van der Waals surface area contributed by atoms with E-state index in [0.717, 1.165) is 21.7 Å². The number of hydrogen-bond donors (Lipinski definition) is 0. The molecular formula is C18H11FN2. The van der Waals surface area contributed by atoms with Gasteiger partial charge in [0.15, 0.2) is 0 Å². The fourth-order valence-corrected chi connectivity index (χ4v) is 2.64. The highest BCUT2D eigenvalue weighted by Crippen LogP contribution is 2.31. The normalized spacial score (nSPS) is 11.1. The van der Waals surface area contributed by atoms with Crippen LogP contribution in [0.15, 0.2) is 66.7 Å². The van der Waals surface area contributed by atoms with Crippen LogP contribution in [0.3, 0.4) is 0 Å². The van der Waals surface area contributed by atoms with Gasteiger partial charge < -0.3 is 0 Å². The number of halogens is 1. The monoisotopic (exact) mass is 274 g/mol. The largest absolute Gasteiger partial charge is 0.245 e. The van der Waals surface area contributed by atoms with Gasteiger partial charge >= 0.3 is 0 Å². The molecule has 0 saturated carbocycles. The van der Waals surface area contributed by atoms with Crippen molar-refractivity contribution < 1.29 is 4.39 Å². The first-order chi connectivity index (χ1) is 10.3. The number of rotatable bonds is 1. The zero-order valence-corrected chi connectivity index (χ0v) is 11.1. The number of aromatic nitrogens is 2. The predicted molar refractivity (Wildman–Crippen MR) is 82.4 cm³/mol. The minimum absolute atomic E-state index is 0.494. The van der Waals surface area contributed by atoms with Gasteiger partial charge in [-0.2, -0.15) is 4.39 Å². The van der Waals surface area contributed by atoms with Gasteiger partial charge in [-0.05, 0) is 23.6 Å². The molecule has 100 valence electrons. The molecule has 0 aliphatic heterocycles. The highest BCUT2D eigenvalue weighted by Gasteiger charge is 2.11. The van der Waals surface area contributed by atoms with Crippen molar-refractivity contribution >= 4 is 21.7 Å². The van der Waals surface area contributed by atoms with Crippen molar-refractivity contribution in [3.8, 4) is 11.4 Å². The maximum absolute atomic E-state index is 13.4. The second-order valence-corrected chi connectivity index (χ2v) is 4.87. The molecule has 0 atom stereocenters. The third-order valence-corrected chi connectivity index (χ3v) is 3.57. The van der Waals surface area contributed by atoms with Crippen LogP contribution in [0.25, 0.3) is 33.1 Å². The average molecular weight is 274 g/mol. The van der Waals surface area contributed by atoms with E-state index in [-0.39, 0.29) is 0 Å². The van der Waals surface area contributed by atoms with Crippen LogP contribution in [-0.4, -0.2) is 9.97 Å². The smallest absolute Gasteiger partial charge is 0.213 e. The molecule has 0 bridgehead atoms. The summed E-state index contributed by atoms with van der Waals surface area (Å²) < 4.78 is 13.4. The summed E-state index contributed by atoms with van der Waals surface area (Å²) in [5.41, 5.74) is 2.15. The fourth-order valence-electron chi connectivity index (χ4n) is 2.64. The summed E-state index contributed by atoms with van der Waals surface area (Å²) >= 11 is 0. The van der Waals surface area contributed by atoms with E-state index in [1.54, 1.807) is 12.1 Å². The SMILES string of the molecule is Fc1cccc(-c2nc3ccccc3c3ccccc23)n1. The predicted octanol–water partition coefficient (Wildman–Crippen LogP) is 4.59. The second-order valence-electron chi connectivity index (χ2n) is 4.87. The molecule has 21 heavy (non-hydrogen) atoms. The Balaban J connectivity index is 2.16. The Labute approximate surface area is 120 Å². The molecule has 0 aliphatic carbocycles. The van der Waals surface area contributed by atoms with Crippen molar-refractivity contribution in [2.75, 3.05) is 0 Å². The lowest BCUT2D eigenvalue weighted by atomic mass is 10.0. The second kappa shape index (κ2) is 4.63. The fraction of sp³-hybridized carbons (Fsp3) is 0. The van der Waals surface area contributed by atoms with Crippen molar-refractivity contribution in [1.29, 1.82) is 0 Å². The molecule has 3 heteroatoms. The van der Waals surface area contributed by atoms with E-state index in [9.17, 15) is 4.39 Å². The molecular weight excluding hydrogens is 263 g/mol. The van der Waals surface area contributed by atoms with E-state index in [4.69, 9.17) is 0 Å². The molecule has 0 saturated heterocycles. The molecule has 0 aliphatic rings. The van der Waals surface area contributed by atoms with E-state index in [1.165, 1.54) is 6.07 Å². The van der Waals surface area contributed by atoms with Gasteiger partial charge in [-0.25, -0.2) is 9.97 Å². The number of fused-ring (bicyclic) bond motifs is 3. The van der Waals surface area contributed by atoms with E-state index < -0.39 is 5.95 Å². The average Bonchev–Trinajstić information content (AvgIpc) is 2.54. The van der Waals surface area contributed by atoms with Crippen molar-refractivity contribution in [3.05, 3.63) is 72.7 Å². The molecule has 0 fully saturated rings. The van der Waals surface area contributed by atoms with Crippen LogP contribution in [0.1, 0.15) is 0 Å².